The standard InChI is InChI=1S/C21H22FN5O3S/c1-13(2)24-21(28)26-16-7-3-14(4-8-16)20-25-17(11-19(23)27-20)12-31(29,30)18-9-5-15(22)6-10-18/h3-11,13H,12H2,1-2H3,(H2,23,25,27)(H2,24,26,28). The zero-order valence-electron chi connectivity index (χ0n) is 17.0. The van der Waals surface area contributed by atoms with E-state index >= 15 is 0 Å². The summed E-state index contributed by atoms with van der Waals surface area (Å²) in [5.41, 5.74) is 7.24. The topological polar surface area (TPSA) is 127 Å². The molecule has 0 aliphatic carbocycles. The molecule has 8 nitrogen and oxygen atoms in total. The minimum atomic E-state index is -3.74. The first-order chi connectivity index (χ1) is 14.6. The average molecular weight is 444 g/mol. The van der Waals surface area contributed by atoms with Gasteiger partial charge >= 0.3 is 6.03 Å². The minimum absolute atomic E-state index is 0.00424. The van der Waals surface area contributed by atoms with Gasteiger partial charge in [0, 0.05) is 23.4 Å². The highest BCUT2D eigenvalue weighted by Crippen LogP contribution is 2.22. The van der Waals surface area contributed by atoms with Gasteiger partial charge in [-0.05, 0) is 62.4 Å². The molecular formula is C21H22FN5O3S. The van der Waals surface area contributed by atoms with Crippen molar-refractivity contribution in [3.05, 3.63) is 66.1 Å². The van der Waals surface area contributed by atoms with Crippen molar-refractivity contribution in [3.8, 4) is 11.4 Å². The highest BCUT2D eigenvalue weighted by Gasteiger charge is 2.18. The number of nitrogen functional groups attached to an aromatic ring is 1. The molecule has 4 N–H and O–H groups in total. The molecule has 0 fully saturated rings. The number of rotatable bonds is 6. The molecule has 0 radical (unpaired) electrons. The number of halogens is 1. The third-order valence-corrected chi connectivity index (χ3v) is 5.80. The van der Waals surface area contributed by atoms with E-state index in [2.05, 4.69) is 20.6 Å². The van der Waals surface area contributed by atoms with Crippen LogP contribution in [0.3, 0.4) is 0 Å². The lowest BCUT2D eigenvalue weighted by Crippen LogP contribution is -2.34. The Bertz CT molecular complexity index is 1180. The fourth-order valence-corrected chi connectivity index (χ4v) is 4.03. The van der Waals surface area contributed by atoms with E-state index in [0.29, 0.717) is 11.3 Å². The van der Waals surface area contributed by atoms with Gasteiger partial charge in [0.1, 0.15) is 11.6 Å². The third-order valence-electron chi connectivity index (χ3n) is 4.13. The van der Waals surface area contributed by atoms with Gasteiger partial charge in [-0.25, -0.2) is 27.6 Å². The lowest BCUT2D eigenvalue weighted by Gasteiger charge is -2.11. The van der Waals surface area contributed by atoms with Crippen LogP contribution in [-0.2, 0) is 15.6 Å². The smallest absolute Gasteiger partial charge is 0.319 e. The Balaban J connectivity index is 1.81. The second kappa shape index (κ2) is 9.09. The maximum absolute atomic E-state index is 13.1. The summed E-state index contributed by atoms with van der Waals surface area (Å²) in [4.78, 5) is 20.3. The molecule has 3 rings (SSSR count). The van der Waals surface area contributed by atoms with Crippen LogP contribution < -0.4 is 16.4 Å². The summed E-state index contributed by atoms with van der Waals surface area (Å²) in [6.45, 7) is 3.71. The molecule has 2 aromatic carbocycles. The van der Waals surface area contributed by atoms with Crippen molar-refractivity contribution < 1.29 is 17.6 Å². The molecule has 1 heterocycles. The molecule has 162 valence electrons. The van der Waals surface area contributed by atoms with Gasteiger partial charge in [0.2, 0.25) is 0 Å². The highest BCUT2D eigenvalue weighted by molar-refractivity contribution is 7.90. The van der Waals surface area contributed by atoms with Gasteiger partial charge in [-0.1, -0.05) is 0 Å². The largest absolute Gasteiger partial charge is 0.384 e. The normalized spacial score (nSPS) is 11.4. The van der Waals surface area contributed by atoms with Gasteiger partial charge in [0.15, 0.2) is 15.7 Å². The summed E-state index contributed by atoms with van der Waals surface area (Å²) >= 11 is 0. The third kappa shape index (κ3) is 5.98. The summed E-state index contributed by atoms with van der Waals surface area (Å²) in [5, 5.41) is 5.43. The summed E-state index contributed by atoms with van der Waals surface area (Å²) in [6.07, 6.45) is 0. The van der Waals surface area contributed by atoms with E-state index in [1.54, 1.807) is 24.3 Å². The first-order valence-corrected chi connectivity index (χ1v) is 11.1. The molecule has 0 atom stereocenters. The predicted octanol–water partition coefficient (Wildman–Crippen LogP) is 3.37. The molecular weight excluding hydrogens is 421 g/mol. The minimum Gasteiger partial charge on any atom is -0.384 e. The molecule has 0 aliphatic rings. The molecule has 1 aromatic heterocycles. The lowest BCUT2D eigenvalue weighted by atomic mass is 10.2. The maximum atomic E-state index is 13.1. The van der Waals surface area contributed by atoms with Crippen LogP contribution in [0.5, 0.6) is 0 Å². The van der Waals surface area contributed by atoms with Crippen LogP contribution in [0, 0.1) is 5.82 Å². The number of benzene rings is 2. The van der Waals surface area contributed by atoms with Crippen molar-refractivity contribution in [2.45, 2.75) is 30.5 Å². The fraction of sp³-hybridized carbons (Fsp3) is 0.190. The van der Waals surface area contributed by atoms with E-state index in [-0.39, 0.29) is 34.3 Å². The molecule has 31 heavy (non-hydrogen) atoms. The maximum Gasteiger partial charge on any atom is 0.319 e. The summed E-state index contributed by atoms with van der Waals surface area (Å²) < 4.78 is 38.3. The lowest BCUT2D eigenvalue weighted by molar-refractivity contribution is 0.250. The molecule has 0 bridgehead atoms. The molecule has 2 amide bonds. The summed E-state index contributed by atoms with van der Waals surface area (Å²) in [6, 6.07) is 12.4. The van der Waals surface area contributed by atoms with E-state index < -0.39 is 21.4 Å². The number of urea groups is 1. The van der Waals surface area contributed by atoms with Crippen molar-refractivity contribution in [1.82, 2.24) is 15.3 Å². The number of hydrogen-bond donors (Lipinski definition) is 3. The Morgan fingerprint density at radius 1 is 1.06 bits per heavy atom. The van der Waals surface area contributed by atoms with Crippen molar-refractivity contribution in [3.63, 3.8) is 0 Å². The number of carbonyl (C=O) groups excluding carboxylic acids is 1. The number of nitrogens with one attached hydrogen (secondary N) is 2. The molecule has 0 aliphatic heterocycles. The Morgan fingerprint density at radius 3 is 2.32 bits per heavy atom. The van der Waals surface area contributed by atoms with Crippen molar-refractivity contribution >= 4 is 27.4 Å². The van der Waals surface area contributed by atoms with Crippen LogP contribution in [0.4, 0.5) is 20.7 Å². The van der Waals surface area contributed by atoms with Gasteiger partial charge in [-0.15, -0.1) is 0 Å². The SMILES string of the molecule is CC(C)NC(=O)Nc1ccc(-c2nc(N)cc(CS(=O)(=O)c3ccc(F)cc3)n2)cc1. The van der Waals surface area contributed by atoms with E-state index in [0.717, 1.165) is 12.1 Å². The number of amides is 2. The number of anilines is 2. The van der Waals surface area contributed by atoms with Crippen molar-refractivity contribution in [1.29, 1.82) is 0 Å². The first-order valence-electron chi connectivity index (χ1n) is 9.42. The molecule has 0 spiro atoms. The summed E-state index contributed by atoms with van der Waals surface area (Å²) in [7, 11) is -3.74. The van der Waals surface area contributed by atoms with E-state index in [4.69, 9.17) is 5.73 Å². The number of hydrogen-bond acceptors (Lipinski definition) is 6. The van der Waals surface area contributed by atoms with Crippen LogP contribution in [-0.4, -0.2) is 30.5 Å². The summed E-state index contributed by atoms with van der Waals surface area (Å²) in [5.74, 6) is -0.560. The Labute approximate surface area is 179 Å². The van der Waals surface area contributed by atoms with Gasteiger partial charge in [0.25, 0.3) is 0 Å². The fourth-order valence-electron chi connectivity index (χ4n) is 2.77. The molecule has 0 saturated heterocycles. The molecule has 3 aromatic rings. The molecule has 0 saturated carbocycles. The second-order valence-electron chi connectivity index (χ2n) is 7.15. The van der Waals surface area contributed by atoms with Gasteiger partial charge in [-0.3, -0.25) is 0 Å². The highest BCUT2D eigenvalue weighted by atomic mass is 32.2. The average Bonchev–Trinajstić information content (AvgIpc) is 2.67. The van der Waals surface area contributed by atoms with Crippen LogP contribution in [0.25, 0.3) is 11.4 Å². The number of nitrogens with zero attached hydrogens (tertiary/aromatic N) is 2. The molecule has 10 heteroatoms. The van der Waals surface area contributed by atoms with Gasteiger partial charge < -0.3 is 16.4 Å². The number of nitrogens with two attached hydrogens (primary N) is 1. The molecule has 0 unspecified atom stereocenters. The van der Waals surface area contributed by atoms with E-state index in [9.17, 15) is 17.6 Å². The Hall–Kier alpha value is -3.53. The van der Waals surface area contributed by atoms with Crippen LogP contribution >= 0.6 is 0 Å². The quantitative estimate of drug-likeness (QED) is 0.501. The number of sulfone groups is 1. The first kappa shape index (κ1) is 22.2. The predicted molar refractivity (Wildman–Crippen MR) is 116 cm³/mol. The van der Waals surface area contributed by atoms with Crippen molar-refractivity contribution in [2.75, 3.05) is 11.1 Å². The van der Waals surface area contributed by atoms with E-state index in [1.807, 2.05) is 13.8 Å². The van der Waals surface area contributed by atoms with Crippen molar-refractivity contribution in [2.24, 2.45) is 0 Å². The monoisotopic (exact) mass is 443 g/mol. The van der Waals surface area contributed by atoms with Crippen LogP contribution in [0.2, 0.25) is 0 Å². The van der Waals surface area contributed by atoms with Crippen LogP contribution in [0.15, 0.2) is 59.5 Å². The number of carbonyl (C=O) groups is 1. The zero-order valence-corrected chi connectivity index (χ0v) is 17.8. The Kier molecular flexibility index (Phi) is 6.50. The van der Waals surface area contributed by atoms with Gasteiger partial charge in [-0.2, -0.15) is 0 Å². The second-order valence-corrected chi connectivity index (χ2v) is 9.14. The zero-order chi connectivity index (χ0) is 22.6. The van der Waals surface area contributed by atoms with E-state index in [1.165, 1.54) is 18.2 Å². The van der Waals surface area contributed by atoms with Gasteiger partial charge in [0.05, 0.1) is 16.3 Å². The Morgan fingerprint density at radius 2 is 1.71 bits per heavy atom. The van der Waals surface area contributed by atoms with Crippen LogP contribution in [0.1, 0.15) is 19.5 Å². The number of aromatic nitrogens is 2.